The number of nitrogens with one attached hydrogen (secondary N) is 1. The maximum absolute atomic E-state index is 12.9. The number of anilines is 3. The molecule has 0 saturated carbocycles. The fourth-order valence-corrected chi connectivity index (χ4v) is 4.08. The Morgan fingerprint density at radius 2 is 1.97 bits per heavy atom. The van der Waals surface area contributed by atoms with Crippen molar-refractivity contribution in [1.29, 1.82) is 0 Å². The molecule has 192 valence electrons. The van der Waals surface area contributed by atoms with Crippen molar-refractivity contribution in [2.75, 3.05) is 29.9 Å². The summed E-state index contributed by atoms with van der Waals surface area (Å²) in [4.78, 5) is 37.4. The van der Waals surface area contributed by atoms with E-state index in [0.29, 0.717) is 31.2 Å². The summed E-state index contributed by atoms with van der Waals surface area (Å²) in [7, 11) is 1.84. The van der Waals surface area contributed by atoms with Crippen LogP contribution in [0.5, 0.6) is 0 Å². The van der Waals surface area contributed by atoms with Gasteiger partial charge in [-0.15, -0.1) is 0 Å². The maximum atomic E-state index is 12.9. The smallest absolute Gasteiger partial charge is 0.410 e. The van der Waals surface area contributed by atoms with E-state index >= 15 is 0 Å². The van der Waals surface area contributed by atoms with Gasteiger partial charge in [-0.25, -0.2) is 14.5 Å². The third-order valence-corrected chi connectivity index (χ3v) is 5.76. The standard InChI is InChI=1S/C25H29N9O3/c1-25(2,3)37-24(36)32-8-9-33(21(35)16-32)20-7-5-6-17(10-20)14-34-22-18(12-28-34)11-26-23(30-22)29-19-13-27-31(4)15-19/h5-7,10-13,15H,8-9,14,16H2,1-4H3,(H,26,29,30). The Morgan fingerprint density at radius 1 is 1.14 bits per heavy atom. The van der Waals surface area contributed by atoms with Crippen LogP contribution in [0.2, 0.25) is 0 Å². The number of aromatic nitrogens is 6. The Labute approximate surface area is 213 Å². The fourth-order valence-electron chi connectivity index (χ4n) is 4.08. The molecule has 12 nitrogen and oxygen atoms in total. The van der Waals surface area contributed by atoms with Gasteiger partial charge in [-0.2, -0.15) is 15.2 Å². The van der Waals surface area contributed by atoms with E-state index in [2.05, 4.69) is 25.5 Å². The molecule has 0 radical (unpaired) electrons. The highest BCUT2D eigenvalue weighted by Crippen LogP contribution is 2.22. The molecule has 1 aromatic carbocycles. The average Bonchev–Trinajstić information content (AvgIpc) is 3.43. The van der Waals surface area contributed by atoms with Crippen LogP contribution in [0.15, 0.2) is 49.1 Å². The minimum atomic E-state index is -0.608. The lowest BCUT2D eigenvalue weighted by atomic mass is 10.1. The number of aryl methyl sites for hydroxylation is 1. The summed E-state index contributed by atoms with van der Waals surface area (Å²) in [5.74, 6) is 0.294. The van der Waals surface area contributed by atoms with Gasteiger partial charge in [0, 0.05) is 38.2 Å². The second-order valence-electron chi connectivity index (χ2n) is 9.92. The van der Waals surface area contributed by atoms with E-state index in [0.717, 1.165) is 22.3 Å². The third-order valence-electron chi connectivity index (χ3n) is 5.76. The summed E-state index contributed by atoms with van der Waals surface area (Å²) in [6.07, 6.45) is 6.52. The van der Waals surface area contributed by atoms with Crippen molar-refractivity contribution >= 4 is 40.4 Å². The molecule has 1 saturated heterocycles. The molecule has 12 heteroatoms. The van der Waals surface area contributed by atoms with Crippen LogP contribution in [-0.2, 0) is 23.1 Å². The first-order chi connectivity index (χ1) is 17.6. The van der Waals surface area contributed by atoms with E-state index in [1.165, 1.54) is 4.90 Å². The average molecular weight is 504 g/mol. The molecule has 0 bridgehead atoms. The lowest BCUT2D eigenvalue weighted by Crippen LogP contribution is -2.53. The molecular formula is C25H29N9O3. The van der Waals surface area contributed by atoms with Crippen LogP contribution in [0.3, 0.4) is 0 Å². The van der Waals surface area contributed by atoms with E-state index in [1.54, 1.807) is 53.6 Å². The predicted octanol–water partition coefficient (Wildman–Crippen LogP) is 2.94. The molecule has 1 N–H and O–H groups in total. The summed E-state index contributed by atoms with van der Waals surface area (Å²) in [5.41, 5.74) is 2.61. The number of rotatable bonds is 5. The number of carbonyl (C=O) groups is 2. The summed E-state index contributed by atoms with van der Waals surface area (Å²) in [5, 5.41) is 12.6. The van der Waals surface area contributed by atoms with Crippen molar-refractivity contribution in [2.45, 2.75) is 32.9 Å². The maximum Gasteiger partial charge on any atom is 0.410 e. The Hall–Kier alpha value is -4.48. The molecule has 4 heterocycles. The van der Waals surface area contributed by atoms with Crippen LogP contribution in [0, 0.1) is 0 Å². The van der Waals surface area contributed by atoms with Crippen molar-refractivity contribution in [1.82, 2.24) is 34.4 Å². The second kappa shape index (κ2) is 9.52. The highest BCUT2D eigenvalue weighted by molar-refractivity contribution is 5.97. The molecular weight excluding hydrogens is 474 g/mol. The molecule has 0 atom stereocenters. The molecule has 1 fully saturated rings. The Bertz CT molecular complexity index is 1450. The molecule has 0 aliphatic carbocycles. The molecule has 5 rings (SSSR count). The summed E-state index contributed by atoms with van der Waals surface area (Å²) in [6, 6.07) is 7.75. The van der Waals surface area contributed by atoms with Gasteiger partial charge in [-0.05, 0) is 38.5 Å². The monoisotopic (exact) mass is 503 g/mol. The molecule has 2 amide bonds. The van der Waals surface area contributed by atoms with Crippen LogP contribution in [0.4, 0.5) is 22.1 Å². The number of fused-ring (bicyclic) bond motifs is 1. The number of amides is 2. The molecule has 0 spiro atoms. The van der Waals surface area contributed by atoms with Crippen molar-refractivity contribution in [3.8, 4) is 0 Å². The highest BCUT2D eigenvalue weighted by Gasteiger charge is 2.31. The zero-order chi connectivity index (χ0) is 26.2. The van der Waals surface area contributed by atoms with E-state index in [1.807, 2.05) is 37.5 Å². The first kappa shape index (κ1) is 24.2. The van der Waals surface area contributed by atoms with Gasteiger partial charge >= 0.3 is 6.09 Å². The van der Waals surface area contributed by atoms with Crippen molar-refractivity contribution in [2.24, 2.45) is 7.05 Å². The predicted molar refractivity (Wildman–Crippen MR) is 138 cm³/mol. The Balaban J connectivity index is 1.30. The van der Waals surface area contributed by atoms with Gasteiger partial charge in [0.15, 0.2) is 5.65 Å². The topological polar surface area (TPSA) is 123 Å². The van der Waals surface area contributed by atoms with Crippen LogP contribution < -0.4 is 10.2 Å². The molecule has 0 unspecified atom stereocenters. The molecule has 37 heavy (non-hydrogen) atoms. The van der Waals surface area contributed by atoms with E-state index in [-0.39, 0.29) is 12.5 Å². The third kappa shape index (κ3) is 5.52. The quantitative estimate of drug-likeness (QED) is 0.441. The summed E-state index contributed by atoms with van der Waals surface area (Å²) >= 11 is 0. The van der Waals surface area contributed by atoms with Crippen LogP contribution in [-0.4, -0.2) is 71.7 Å². The second-order valence-corrected chi connectivity index (χ2v) is 9.92. The lowest BCUT2D eigenvalue weighted by molar-refractivity contribution is -0.121. The van der Waals surface area contributed by atoms with Gasteiger partial charge in [0.25, 0.3) is 0 Å². The zero-order valence-corrected chi connectivity index (χ0v) is 21.2. The first-order valence-corrected chi connectivity index (χ1v) is 12.0. The molecule has 1 aliphatic rings. The Morgan fingerprint density at radius 3 is 2.70 bits per heavy atom. The SMILES string of the molecule is Cn1cc(Nc2ncc3cnn(Cc4cccc(N5CCN(C(=O)OC(C)(C)C)CC5=O)c4)c3n2)cn1. The fraction of sp³-hybridized carbons (Fsp3) is 0.360. The molecule has 1 aliphatic heterocycles. The first-order valence-electron chi connectivity index (χ1n) is 12.0. The van der Waals surface area contributed by atoms with E-state index < -0.39 is 11.7 Å². The van der Waals surface area contributed by atoms with Crippen LogP contribution in [0.25, 0.3) is 11.0 Å². The molecule has 4 aromatic rings. The number of hydrogen-bond acceptors (Lipinski definition) is 8. The minimum absolute atomic E-state index is 0.0213. The van der Waals surface area contributed by atoms with Crippen molar-refractivity contribution < 1.29 is 14.3 Å². The van der Waals surface area contributed by atoms with E-state index in [4.69, 9.17) is 4.74 Å². The van der Waals surface area contributed by atoms with Gasteiger partial charge in [0.2, 0.25) is 11.9 Å². The van der Waals surface area contributed by atoms with E-state index in [9.17, 15) is 9.59 Å². The van der Waals surface area contributed by atoms with Gasteiger partial charge in [0.1, 0.15) is 12.1 Å². The number of hydrogen-bond donors (Lipinski definition) is 1. The number of nitrogens with zero attached hydrogens (tertiary/aromatic N) is 8. The number of benzene rings is 1. The van der Waals surface area contributed by atoms with Gasteiger partial charge < -0.3 is 15.0 Å². The number of ether oxygens (including phenoxy) is 1. The van der Waals surface area contributed by atoms with Gasteiger partial charge in [-0.1, -0.05) is 12.1 Å². The highest BCUT2D eigenvalue weighted by atomic mass is 16.6. The van der Waals surface area contributed by atoms with Gasteiger partial charge in [-0.3, -0.25) is 14.4 Å². The summed E-state index contributed by atoms with van der Waals surface area (Å²) in [6.45, 7) is 6.66. The largest absolute Gasteiger partial charge is 0.444 e. The van der Waals surface area contributed by atoms with Crippen molar-refractivity contribution in [3.05, 3.63) is 54.6 Å². The van der Waals surface area contributed by atoms with Gasteiger partial charge in [0.05, 0.1) is 30.0 Å². The Kier molecular flexibility index (Phi) is 6.24. The minimum Gasteiger partial charge on any atom is -0.444 e. The van der Waals surface area contributed by atoms with Crippen molar-refractivity contribution in [3.63, 3.8) is 0 Å². The molecule has 3 aromatic heterocycles. The number of carbonyl (C=O) groups excluding carboxylic acids is 2. The van der Waals surface area contributed by atoms with Crippen LogP contribution in [0.1, 0.15) is 26.3 Å². The normalized spacial score (nSPS) is 14.3. The zero-order valence-electron chi connectivity index (χ0n) is 21.2. The lowest BCUT2D eigenvalue weighted by Gasteiger charge is -2.35. The summed E-state index contributed by atoms with van der Waals surface area (Å²) < 4.78 is 8.90. The van der Waals surface area contributed by atoms with Crippen LogP contribution >= 0.6 is 0 Å². The number of piperazine rings is 1.